The first-order valence-corrected chi connectivity index (χ1v) is 10.6. The van der Waals surface area contributed by atoms with Crippen molar-refractivity contribution in [2.45, 2.75) is 57.1 Å². The molecule has 1 aliphatic heterocycles. The quantitative estimate of drug-likeness (QED) is 0.662. The van der Waals surface area contributed by atoms with Crippen LogP contribution in [0.1, 0.15) is 49.1 Å². The zero-order chi connectivity index (χ0) is 17.9. The molecule has 2 fully saturated rings. The minimum atomic E-state index is 0.477. The topological polar surface area (TPSA) is 45.5 Å². The first-order chi connectivity index (χ1) is 12.0. The van der Waals surface area contributed by atoms with Crippen molar-refractivity contribution in [2.75, 3.05) is 32.4 Å². The van der Waals surface area contributed by atoms with Crippen molar-refractivity contribution in [1.82, 2.24) is 20.0 Å². The maximum atomic E-state index is 4.57. The van der Waals surface area contributed by atoms with Crippen molar-refractivity contribution in [2.24, 2.45) is 12.0 Å². The largest absolute Gasteiger partial charge is 0.356 e. The molecular formula is C19H33N5S. The molecule has 6 heteroatoms. The lowest BCUT2D eigenvalue weighted by Crippen LogP contribution is -2.53. The molecule has 1 aromatic rings. The van der Waals surface area contributed by atoms with E-state index < -0.39 is 0 Å². The summed E-state index contributed by atoms with van der Waals surface area (Å²) >= 11 is 2.21. The van der Waals surface area contributed by atoms with E-state index in [1.54, 1.807) is 0 Å². The standard InChI is InChI=1S/C19H33N5S/c1-15-17(16(2)23(4)22-15)8-11-21-18(20-3)24-12-13-25-19(14-24)9-6-5-7-10-19/h5-14H2,1-4H3,(H,20,21). The number of guanidine groups is 1. The number of nitrogens with one attached hydrogen (secondary N) is 1. The Labute approximate surface area is 156 Å². The monoisotopic (exact) mass is 363 g/mol. The zero-order valence-electron chi connectivity index (χ0n) is 16.3. The van der Waals surface area contributed by atoms with Crippen LogP contribution in [0.3, 0.4) is 0 Å². The molecule has 0 aromatic carbocycles. The molecule has 5 nitrogen and oxygen atoms in total. The highest BCUT2D eigenvalue weighted by molar-refractivity contribution is 8.00. The molecule has 1 spiro atoms. The maximum Gasteiger partial charge on any atom is 0.193 e. The van der Waals surface area contributed by atoms with Crippen molar-refractivity contribution in [3.05, 3.63) is 17.0 Å². The van der Waals surface area contributed by atoms with E-state index in [1.165, 1.54) is 49.1 Å². The zero-order valence-corrected chi connectivity index (χ0v) is 17.1. The van der Waals surface area contributed by atoms with Gasteiger partial charge in [-0.1, -0.05) is 19.3 Å². The van der Waals surface area contributed by atoms with Crippen LogP contribution in [0.2, 0.25) is 0 Å². The van der Waals surface area contributed by atoms with Crippen LogP contribution in [-0.2, 0) is 13.5 Å². The molecule has 1 aromatic heterocycles. The van der Waals surface area contributed by atoms with Crippen LogP contribution >= 0.6 is 11.8 Å². The highest BCUT2D eigenvalue weighted by atomic mass is 32.2. The lowest BCUT2D eigenvalue weighted by atomic mass is 9.87. The van der Waals surface area contributed by atoms with Gasteiger partial charge in [-0.25, -0.2) is 0 Å². The van der Waals surface area contributed by atoms with Crippen LogP contribution in [-0.4, -0.2) is 57.8 Å². The third-order valence-electron chi connectivity index (χ3n) is 5.84. The molecule has 1 saturated carbocycles. The van der Waals surface area contributed by atoms with Gasteiger partial charge in [0.15, 0.2) is 5.96 Å². The van der Waals surface area contributed by atoms with Crippen molar-refractivity contribution in [3.8, 4) is 0 Å². The van der Waals surface area contributed by atoms with E-state index in [0.717, 1.165) is 37.7 Å². The Morgan fingerprint density at radius 2 is 2.04 bits per heavy atom. The fraction of sp³-hybridized carbons (Fsp3) is 0.789. The Morgan fingerprint density at radius 3 is 2.68 bits per heavy atom. The van der Waals surface area contributed by atoms with E-state index in [1.807, 2.05) is 18.8 Å². The number of nitrogens with zero attached hydrogens (tertiary/aromatic N) is 4. The second-order valence-electron chi connectivity index (χ2n) is 7.51. The van der Waals surface area contributed by atoms with Crippen molar-refractivity contribution < 1.29 is 0 Å². The van der Waals surface area contributed by atoms with Gasteiger partial charge in [0.1, 0.15) is 0 Å². The molecule has 0 radical (unpaired) electrons. The first kappa shape index (κ1) is 18.6. The van der Waals surface area contributed by atoms with Crippen LogP contribution in [0.4, 0.5) is 0 Å². The van der Waals surface area contributed by atoms with Crippen molar-refractivity contribution >= 4 is 17.7 Å². The van der Waals surface area contributed by atoms with Gasteiger partial charge in [-0.05, 0) is 38.7 Å². The summed E-state index contributed by atoms with van der Waals surface area (Å²) in [6.07, 6.45) is 7.95. The maximum absolute atomic E-state index is 4.57. The number of aryl methyl sites for hydroxylation is 2. The van der Waals surface area contributed by atoms with Gasteiger partial charge in [0.25, 0.3) is 0 Å². The van der Waals surface area contributed by atoms with Gasteiger partial charge in [-0.2, -0.15) is 16.9 Å². The van der Waals surface area contributed by atoms with E-state index in [0.29, 0.717) is 4.75 Å². The molecule has 0 atom stereocenters. The van der Waals surface area contributed by atoms with Crippen LogP contribution in [0.15, 0.2) is 4.99 Å². The van der Waals surface area contributed by atoms with E-state index in [9.17, 15) is 0 Å². The molecule has 2 heterocycles. The van der Waals surface area contributed by atoms with Crippen LogP contribution in [0.5, 0.6) is 0 Å². The van der Waals surface area contributed by atoms with Gasteiger partial charge >= 0.3 is 0 Å². The Bertz CT molecular complexity index is 610. The van der Waals surface area contributed by atoms with Gasteiger partial charge in [0, 0.05) is 49.9 Å². The third kappa shape index (κ3) is 4.15. The Kier molecular flexibility index (Phi) is 5.97. The molecule has 2 aliphatic rings. The molecule has 1 aliphatic carbocycles. The third-order valence-corrected chi connectivity index (χ3v) is 7.38. The predicted octanol–water partition coefficient (Wildman–Crippen LogP) is 2.91. The summed E-state index contributed by atoms with van der Waals surface area (Å²) in [6, 6.07) is 0. The molecular weight excluding hydrogens is 330 g/mol. The van der Waals surface area contributed by atoms with Crippen LogP contribution < -0.4 is 5.32 Å². The second kappa shape index (κ2) is 8.02. The Morgan fingerprint density at radius 1 is 1.28 bits per heavy atom. The molecule has 0 bridgehead atoms. The summed E-state index contributed by atoms with van der Waals surface area (Å²) in [5.74, 6) is 2.30. The summed E-state index contributed by atoms with van der Waals surface area (Å²) in [5.41, 5.74) is 3.78. The second-order valence-corrected chi connectivity index (χ2v) is 9.07. The number of hydrogen-bond acceptors (Lipinski definition) is 3. The fourth-order valence-electron chi connectivity index (χ4n) is 4.34. The molecule has 0 amide bonds. The SMILES string of the molecule is CN=C(NCCc1c(C)nn(C)c1C)N1CCSC2(CCCCC2)C1. The number of thioether (sulfide) groups is 1. The lowest BCUT2D eigenvalue weighted by Gasteiger charge is -2.45. The smallest absolute Gasteiger partial charge is 0.193 e. The lowest BCUT2D eigenvalue weighted by molar-refractivity contribution is 0.293. The summed E-state index contributed by atoms with van der Waals surface area (Å²) in [6.45, 7) is 7.43. The Hall–Kier alpha value is -1.17. The average Bonchev–Trinajstić information content (AvgIpc) is 2.85. The van der Waals surface area contributed by atoms with Gasteiger partial charge in [-0.15, -0.1) is 0 Å². The summed E-state index contributed by atoms with van der Waals surface area (Å²) < 4.78 is 2.46. The van der Waals surface area contributed by atoms with E-state index in [4.69, 9.17) is 0 Å². The van der Waals surface area contributed by atoms with E-state index in [-0.39, 0.29) is 0 Å². The summed E-state index contributed by atoms with van der Waals surface area (Å²) in [5, 5.41) is 8.12. The minimum Gasteiger partial charge on any atom is -0.356 e. The molecule has 1 N–H and O–H groups in total. The number of aromatic nitrogens is 2. The average molecular weight is 364 g/mol. The summed E-state index contributed by atoms with van der Waals surface area (Å²) in [7, 11) is 3.94. The van der Waals surface area contributed by atoms with Gasteiger partial charge in [0.2, 0.25) is 0 Å². The first-order valence-electron chi connectivity index (χ1n) is 9.63. The van der Waals surface area contributed by atoms with Crippen molar-refractivity contribution in [3.63, 3.8) is 0 Å². The number of hydrogen-bond donors (Lipinski definition) is 1. The summed E-state index contributed by atoms with van der Waals surface area (Å²) in [4.78, 5) is 7.06. The molecule has 140 valence electrons. The fourth-order valence-corrected chi connectivity index (χ4v) is 5.90. The van der Waals surface area contributed by atoms with Gasteiger partial charge in [-0.3, -0.25) is 9.67 Å². The number of aliphatic imine (C=N–C) groups is 1. The predicted molar refractivity (Wildman–Crippen MR) is 108 cm³/mol. The molecule has 3 rings (SSSR count). The van der Waals surface area contributed by atoms with Crippen LogP contribution in [0.25, 0.3) is 0 Å². The highest BCUT2D eigenvalue weighted by Crippen LogP contribution is 2.42. The van der Waals surface area contributed by atoms with Crippen molar-refractivity contribution in [1.29, 1.82) is 0 Å². The number of rotatable bonds is 3. The van der Waals surface area contributed by atoms with Gasteiger partial charge < -0.3 is 10.2 Å². The molecule has 25 heavy (non-hydrogen) atoms. The molecule has 0 unspecified atom stereocenters. The van der Waals surface area contributed by atoms with Gasteiger partial charge in [0.05, 0.1) is 5.69 Å². The molecule has 1 saturated heterocycles. The van der Waals surface area contributed by atoms with E-state index >= 15 is 0 Å². The minimum absolute atomic E-state index is 0.477. The highest BCUT2D eigenvalue weighted by Gasteiger charge is 2.38. The van der Waals surface area contributed by atoms with E-state index in [2.05, 4.69) is 45.9 Å². The van der Waals surface area contributed by atoms with Crippen LogP contribution in [0, 0.1) is 13.8 Å². The normalized spacial score (nSPS) is 21.0. The Balaban J connectivity index is 1.57.